The summed E-state index contributed by atoms with van der Waals surface area (Å²) < 4.78 is 23.3. The Labute approximate surface area is 179 Å². The molecule has 1 aliphatic heterocycles. The van der Waals surface area contributed by atoms with Gasteiger partial charge in [-0.2, -0.15) is 4.39 Å². The van der Waals surface area contributed by atoms with Crippen LogP contribution in [0.25, 0.3) is 33.2 Å². The van der Waals surface area contributed by atoms with Crippen molar-refractivity contribution in [3.05, 3.63) is 46.4 Å². The van der Waals surface area contributed by atoms with E-state index in [0.29, 0.717) is 44.5 Å². The molecule has 0 N–H and O–H groups in total. The topological polar surface area (TPSA) is 73.8 Å². The van der Waals surface area contributed by atoms with Crippen molar-refractivity contribution in [1.29, 1.82) is 0 Å². The highest BCUT2D eigenvalue weighted by atomic mass is 19.1. The summed E-state index contributed by atoms with van der Waals surface area (Å²) in [5.41, 5.74) is 4.13. The molecule has 9 heteroatoms. The van der Waals surface area contributed by atoms with Crippen LogP contribution in [-0.2, 0) is 7.05 Å². The number of aryl methyl sites for hydroxylation is 1. The van der Waals surface area contributed by atoms with Gasteiger partial charge in [-0.15, -0.1) is 0 Å². The molecule has 0 saturated heterocycles. The number of rotatable bonds is 4. The summed E-state index contributed by atoms with van der Waals surface area (Å²) in [4.78, 5) is 26.0. The number of aliphatic imine (C=N–C) groups is 1. The molecular formula is C22H23BFN5O2. The maximum Gasteiger partial charge on any atom is 0.333 e. The summed E-state index contributed by atoms with van der Waals surface area (Å²) >= 11 is 0. The van der Waals surface area contributed by atoms with Crippen molar-refractivity contribution in [1.82, 2.24) is 14.1 Å². The fraction of sp³-hybridized carbons (Fsp3) is 0.273. The Hall–Kier alpha value is -3.49. The Bertz CT molecular complexity index is 1410. The van der Waals surface area contributed by atoms with Gasteiger partial charge in [-0.25, -0.2) is 4.79 Å². The number of nitrogens with zero attached hydrogens (tertiary/aromatic N) is 5. The highest BCUT2D eigenvalue weighted by molar-refractivity contribution is 6.68. The van der Waals surface area contributed by atoms with Crippen molar-refractivity contribution in [2.45, 2.75) is 20.7 Å². The number of ether oxygens (including phenoxy) is 1. The molecule has 0 fully saturated rings. The lowest BCUT2D eigenvalue weighted by molar-refractivity contribution is 0.414. The van der Waals surface area contributed by atoms with E-state index in [0.717, 1.165) is 5.71 Å². The normalized spacial score (nSPS) is 15.1. The Balaban J connectivity index is 2.16. The first kappa shape index (κ1) is 20.8. The van der Waals surface area contributed by atoms with Gasteiger partial charge < -0.3 is 9.64 Å². The van der Waals surface area contributed by atoms with E-state index >= 15 is 0 Å². The van der Waals surface area contributed by atoms with Crippen LogP contribution in [-0.4, -0.2) is 46.8 Å². The minimum atomic E-state index is -0.529. The second kappa shape index (κ2) is 7.65. The number of pyridine rings is 1. The van der Waals surface area contributed by atoms with Gasteiger partial charge in [0.15, 0.2) is 0 Å². The lowest BCUT2D eigenvalue weighted by atomic mass is 9.67. The molecule has 158 valence electrons. The highest BCUT2D eigenvalue weighted by Crippen LogP contribution is 2.36. The second-order valence-corrected chi connectivity index (χ2v) is 7.46. The van der Waals surface area contributed by atoms with Crippen LogP contribution in [0.3, 0.4) is 0 Å². The van der Waals surface area contributed by atoms with Gasteiger partial charge in [0.25, 0.3) is 0 Å². The monoisotopic (exact) mass is 419 g/mol. The van der Waals surface area contributed by atoms with Crippen LogP contribution >= 0.6 is 0 Å². The molecule has 31 heavy (non-hydrogen) atoms. The Kier molecular flexibility index (Phi) is 5.12. The minimum Gasteiger partial charge on any atom is -0.496 e. The molecule has 0 spiro atoms. The van der Waals surface area contributed by atoms with Crippen LogP contribution in [0.1, 0.15) is 19.4 Å². The molecule has 1 aromatic carbocycles. The molecule has 0 atom stereocenters. The summed E-state index contributed by atoms with van der Waals surface area (Å²) in [6.07, 6.45) is 3.52. The van der Waals surface area contributed by atoms with Crippen molar-refractivity contribution in [2.75, 3.05) is 14.2 Å². The molecule has 3 heterocycles. The predicted octanol–water partition coefficient (Wildman–Crippen LogP) is 3.77. The van der Waals surface area contributed by atoms with Gasteiger partial charge in [0.2, 0.25) is 5.97 Å². The van der Waals surface area contributed by atoms with E-state index in [4.69, 9.17) is 4.74 Å². The molecule has 0 bridgehead atoms. The fourth-order valence-electron chi connectivity index (χ4n) is 4.04. The van der Waals surface area contributed by atoms with E-state index in [1.54, 1.807) is 41.5 Å². The molecule has 0 aliphatic carbocycles. The van der Waals surface area contributed by atoms with Crippen molar-refractivity contribution >= 4 is 51.7 Å². The molecule has 2 aromatic heterocycles. The molecule has 0 amide bonds. The number of aromatic nitrogens is 3. The molecule has 7 nitrogen and oxygen atoms in total. The number of allylic oxidation sites excluding steroid dienone is 3. The van der Waals surface area contributed by atoms with E-state index < -0.39 is 5.97 Å². The summed E-state index contributed by atoms with van der Waals surface area (Å²) in [5.74, 6) is 1.72. The summed E-state index contributed by atoms with van der Waals surface area (Å²) in [5, 5.41) is 0.711. The zero-order valence-electron chi connectivity index (χ0n) is 18.4. The lowest BCUT2D eigenvalue weighted by Crippen LogP contribution is -2.24. The van der Waals surface area contributed by atoms with Gasteiger partial charge in [-0.3, -0.25) is 19.1 Å². The van der Waals surface area contributed by atoms with Crippen LogP contribution in [0.4, 0.5) is 4.39 Å². The van der Waals surface area contributed by atoms with Crippen molar-refractivity contribution in [2.24, 2.45) is 16.9 Å². The number of hydrogen-bond acceptors (Lipinski definition) is 5. The van der Waals surface area contributed by atoms with E-state index in [2.05, 4.69) is 14.9 Å². The van der Waals surface area contributed by atoms with E-state index in [-0.39, 0.29) is 12.5 Å². The smallest absolute Gasteiger partial charge is 0.333 e. The number of fused-ring (bicyclic) bond motifs is 3. The molecule has 4 rings (SSSR count). The Morgan fingerprint density at radius 2 is 2.10 bits per heavy atom. The number of imidazole rings is 1. The zero-order chi connectivity index (χ0) is 22.4. The number of benzene rings is 1. The SMILES string of the molecule is C/C=C(\C(C)=N/C)n1c(=O)n(C)c2cnc3cc(OC)c(C4=CB(C)N=C4F)cc3c21. The summed E-state index contributed by atoms with van der Waals surface area (Å²) in [7, 11) is 4.93. The molecule has 1 aliphatic rings. The molecule has 3 aromatic rings. The Morgan fingerprint density at radius 1 is 1.35 bits per heavy atom. The lowest BCUT2D eigenvalue weighted by Gasteiger charge is -2.13. The fourth-order valence-corrected chi connectivity index (χ4v) is 4.04. The number of methoxy groups -OCH3 is 1. The van der Waals surface area contributed by atoms with Gasteiger partial charge in [0.05, 0.1) is 41.3 Å². The summed E-state index contributed by atoms with van der Waals surface area (Å²) in [6, 6.07) is 3.59. The quantitative estimate of drug-likeness (QED) is 0.477. The molecule has 0 unspecified atom stereocenters. The third-order valence-corrected chi connectivity index (χ3v) is 5.66. The maximum atomic E-state index is 14.6. The second-order valence-electron chi connectivity index (χ2n) is 7.46. The van der Waals surface area contributed by atoms with E-state index in [1.807, 2.05) is 32.8 Å². The predicted molar refractivity (Wildman–Crippen MR) is 126 cm³/mol. The zero-order valence-corrected chi connectivity index (χ0v) is 18.4. The van der Waals surface area contributed by atoms with Crippen LogP contribution < -0.4 is 10.4 Å². The largest absolute Gasteiger partial charge is 0.496 e. The van der Waals surface area contributed by atoms with E-state index in [1.165, 1.54) is 7.11 Å². The molecular weight excluding hydrogens is 396 g/mol. The van der Waals surface area contributed by atoms with Crippen LogP contribution in [0.15, 0.2) is 45.1 Å². The van der Waals surface area contributed by atoms with Crippen LogP contribution in [0.2, 0.25) is 6.82 Å². The maximum absolute atomic E-state index is 14.6. The van der Waals surface area contributed by atoms with Gasteiger partial charge in [0, 0.05) is 36.7 Å². The first-order valence-corrected chi connectivity index (χ1v) is 9.96. The highest BCUT2D eigenvalue weighted by Gasteiger charge is 2.25. The third kappa shape index (κ3) is 3.12. The van der Waals surface area contributed by atoms with Crippen LogP contribution in [0.5, 0.6) is 5.75 Å². The number of halogens is 1. The van der Waals surface area contributed by atoms with Gasteiger partial charge in [-0.1, -0.05) is 18.9 Å². The van der Waals surface area contributed by atoms with Crippen molar-refractivity contribution in [3.8, 4) is 5.75 Å². The van der Waals surface area contributed by atoms with Gasteiger partial charge >= 0.3 is 12.5 Å². The first-order valence-electron chi connectivity index (χ1n) is 9.96. The van der Waals surface area contributed by atoms with E-state index in [9.17, 15) is 9.18 Å². The summed E-state index contributed by atoms with van der Waals surface area (Å²) in [6.45, 7) is 5.29. The van der Waals surface area contributed by atoms with Crippen LogP contribution in [0, 0.1) is 0 Å². The average molecular weight is 419 g/mol. The minimum absolute atomic E-state index is 0.209. The van der Waals surface area contributed by atoms with Crippen molar-refractivity contribution in [3.63, 3.8) is 0 Å². The van der Waals surface area contributed by atoms with Gasteiger partial charge in [0.1, 0.15) is 5.75 Å². The molecule has 0 radical (unpaired) electrons. The third-order valence-electron chi connectivity index (χ3n) is 5.66. The standard InChI is InChI=1S/C22H23BFN5O2/c1-7-17(12(2)25-4)29-20-14-8-13(15-10-23(3)27-21(15)24)19(31-6)9-16(14)26-11-18(20)28(5)22(29)30/h7-11H,1-6H3/b17-7+,25-12-. The molecule has 0 saturated carbocycles. The van der Waals surface area contributed by atoms with Crippen molar-refractivity contribution < 1.29 is 9.13 Å². The number of hydrogen-bond donors (Lipinski definition) is 0. The first-order chi connectivity index (χ1) is 14.8. The van der Waals surface area contributed by atoms with Gasteiger partial charge in [-0.05, 0) is 19.9 Å². The Morgan fingerprint density at radius 3 is 2.68 bits per heavy atom. The average Bonchev–Trinajstić information content (AvgIpc) is 3.23.